The van der Waals surface area contributed by atoms with Crippen molar-refractivity contribution in [3.05, 3.63) is 11.9 Å². The van der Waals surface area contributed by atoms with E-state index >= 15 is 0 Å². The molecule has 0 saturated heterocycles. The van der Waals surface area contributed by atoms with Crippen LogP contribution in [-0.4, -0.2) is 22.0 Å². The van der Waals surface area contributed by atoms with Crippen LogP contribution in [0.2, 0.25) is 0 Å². The Hall–Kier alpha value is -1.07. The minimum atomic E-state index is 0.313. The van der Waals surface area contributed by atoms with Crippen molar-refractivity contribution in [1.82, 2.24) is 15.6 Å². The summed E-state index contributed by atoms with van der Waals surface area (Å²) < 4.78 is 0. The van der Waals surface area contributed by atoms with E-state index in [2.05, 4.69) is 10.5 Å². The lowest BCUT2D eigenvalue weighted by Crippen LogP contribution is -2.34. The lowest BCUT2D eigenvalue weighted by molar-refractivity contribution is 0.252. The molecule has 11 heavy (non-hydrogen) atoms. The zero-order valence-electron chi connectivity index (χ0n) is 6.57. The lowest BCUT2D eigenvalue weighted by atomic mass is 10.3. The van der Waals surface area contributed by atoms with Gasteiger partial charge in [0, 0.05) is 6.04 Å². The minimum absolute atomic E-state index is 0.313. The maximum Gasteiger partial charge on any atom is 0.160 e. The quantitative estimate of drug-likeness (QED) is 0.463. The van der Waals surface area contributed by atoms with Crippen molar-refractivity contribution in [1.29, 1.82) is 0 Å². The first-order valence-electron chi connectivity index (χ1n) is 3.56. The van der Waals surface area contributed by atoms with Crippen LogP contribution in [0, 0.1) is 0 Å². The zero-order chi connectivity index (χ0) is 8.01. The van der Waals surface area contributed by atoms with Crippen molar-refractivity contribution in [2.75, 3.05) is 0 Å². The van der Waals surface area contributed by atoms with Crippen molar-refractivity contribution < 1.29 is 0 Å². The second-order valence-corrected chi connectivity index (χ2v) is 2.77. The number of hydrogen-bond donors (Lipinski definition) is 2. The second kappa shape index (κ2) is 1.96. The highest BCUT2D eigenvalue weighted by molar-refractivity contribution is 5.82. The molecule has 2 aliphatic rings. The summed E-state index contributed by atoms with van der Waals surface area (Å²) in [6, 6.07) is 0.313. The summed E-state index contributed by atoms with van der Waals surface area (Å²) in [4.78, 5) is 0. The SMILES string of the molecule is CC1=NN2NC(C)C=C2N1N. The van der Waals surface area contributed by atoms with Gasteiger partial charge in [-0.25, -0.2) is 16.3 Å². The van der Waals surface area contributed by atoms with Crippen molar-refractivity contribution in [3.63, 3.8) is 0 Å². The van der Waals surface area contributed by atoms with Crippen molar-refractivity contribution in [2.24, 2.45) is 10.9 Å². The van der Waals surface area contributed by atoms with Gasteiger partial charge in [0.05, 0.1) is 0 Å². The molecule has 0 aromatic heterocycles. The second-order valence-electron chi connectivity index (χ2n) is 2.77. The summed E-state index contributed by atoms with van der Waals surface area (Å²) in [5, 5.41) is 7.41. The van der Waals surface area contributed by atoms with Crippen LogP contribution in [0.15, 0.2) is 17.0 Å². The van der Waals surface area contributed by atoms with Crippen molar-refractivity contribution >= 4 is 5.84 Å². The van der Waals surface area contributed by atoms with Gasteiger partial charge in [-0.15, -0.1) is 5.10 Å². The molecular formula is C6H11N5. The number of fused-ring (bicyclic) bond motifs is 1. The fourth-order valence-corrected chi connectivity index (χ4v) is 1.21. The number of hydrogen-bond acceptors (Lipinski definition) is 5. The van der Waals surface area contributed by atoms with E-state index in [4.69, 9.17) is 5.84 Å². The van der Waals surface area contributed by atoms with Gasteiger partial charge in [0.25, 0.3) is 0 Å². The Bertz CT molecular complexity index is 243. The summed E-state index contributed by atoms with van der Waals surface area (Å²) in [6.07, 6.45) is 2.03. The molecule has 3 N–H and O–H groups in total. The number of amidine groups is 1. The van der Waals surface area contributed by atoms with Gasteiger partial charge in [-0.05, 0) is 19.9 Å². The van der Waals surface area contributed by atoms with Crippen LogP contribution in [0.5, 0.6) is 0 Å². The van der Waals surface area contributed by atoms with Gasteiger partial charge in [0.1, 0.15) is 5.84 Å². The number of rotatable bonds is 0. The number of hydrazone groups is 1. The van der Waals surface area contributed by atoms with Gasteiger partial charge in [-0.3, -0.25) is 0 Å². The normalized spacial score (nSPS) is 28.8. The molecule has 60 valence electrons. The molecule has 2 rings (SSSR count). The summed E-state index contributed by atoms with van der Waals surface area (Å²) in [6.45, 7) is 3.91. The molecule has 5 heteroatoms. The fraction of sp³-hybridized carbons (Fsp3) is 0.500. The molecule has 0 aromatic carbocycles. The molecule has 0 amide bonds. The third-order valence-electron chi connectivity index (χ3n) is 1.78. The highest BCUT2D eigenvalue weighted by Crippen LogP contribution is 2.19. The average Bonchev–Trinajstić information content (AvgIpc) is 2.37. The molecular weight excluding hydrogens is 142 g/mol. The Balaban J connectivity index is 2.29. The highest BCUT2D eigenvalue weighted by Gasteiger charge is 2.29. The van der Waals surface area contributed by atoms with Gasteiger partial charge < -0.3 is 0 Å². The molecule has 0 radical (unpaired) electrons. The summed E-state index contributed by atoms with van der Waals surface area (Å²) in [5.74, 6) is 7.39. The standard InChI is InChI=1S/C6H11N5/c1-4-3-6-10(7)5(2)9-11(6)8-4/h3-4,8H,7H2,1-2H3. The molecule has 2 aliphatic heterocycles. The maximum atomic E-state index is 5.68. The van der Waals surface area contributed by atoms with Crippen LogP contribution in [0.3, 0.4) is 0 Å². The predicted octanol–water partition coefficient (Wildman–Crippen LogP) is -0.441. The highest BCUT2D eigenvalue weighted by atomic mass is 15.8. The Kier molecular flexibility index (Phi) is 1.18. The topological polar surface area (TPSA) is 56.9 Å². The summed E-state index contributed by atoms with van der Waals surface area (Å²) in [7, 11) is 0. The smallest absolute Gasteiger partial charge is 0.160 e. The monoisotopic (exact) mass is 153 g/mol. The molecule has 2 heterocycles. The van der Waals surface area contributed by atoms with Gasteiger partial charge in [-0.2, -0.15) is 5.12 Å². The predicted molar refractivity (Wildman–Crippen MR) is 41.7 cm³/mol. The Morgan fingerprint density at radius 2 is 2.45 bits per heavy atom. The van der Waals surface area contributed by atoms with Crippen molar-refractivity contribution in [2.45, 2.75) is 19.9 Å². The van der Waals surface area contributed by atoms with Gasteiger partial charge >= 0.3 is 0 Å². The Morgan fingerprint density at radius 3 is 3.09 bits per heavy atom. The van der Waals surface area contributed by atoms with E-state index < -0.39 is 0 Å². The molecule has 5 nitrogen and oxygen atoms in total. The first kappa shape index (κ1) is 6.63. The van der Waals surface area contributed by atoms with Crippen LogP contribution in [0.25, 0.3) is 0 Å². The zero-order valence-corrected chi connectivity index (χ0v) is 6.57. The number of nitrogens with two attached hydrogens (primary N) is 1. The Morgan fingerprint density at radius 1 is 1.73 bits per heavy atom. The fourth-order valence-electron chi connectivity index (χ4n) is 1.21. The molecule has 0 spiro atoms. The van der Waals surface area contributed by atoms with Crippen LogP contribution >= 0.6 is 0 Å². The molecule has 0 saturated carbocycles. The van der Waals surface area contributed by atoms with Crippen LogP contribution < -0.4 is 11.3 Å². The molecule has 0 aliphatic carbocycles. The summed E-state index contributed by atoms with van der Waals surface area (Å²) >= 11 is 0. The van der Waals surface area contributed by atoms with E-state index in [1.807, 2.05) is 19.9 Å². The van der Waals surface area contributed by atoms with Gasteiger partial charge in [0.15, 0.2) is 5.82 Å². The van der Waals surface area contributed by atoms with Gasteiger partial charge in [0.2, 0.25) is 0 Å². The van der Waals surface area contributed by atoms with E-state index in [1.54, 1.807) is 10.1 Å². The molecule has 0 aromatic rings. The Labute approximate surface area is 65.1 Å². The molecule has 0 fully saturated rings. The van der Waals surface area contributed by atoms with Crippen molar-refractivity contribution in [3.8, 4) is 0 Å². The average molecular weight is 153 g/mol. The number of nitrogens with zero attached hydrogens (tertiary/aromatic N) is 3. The van der Waals surface area contributed by atoms with E-state index in [9.17, 15) is 0 Å². The van der Waals surface area contributed by atoms with E-state index in [0.29, 0.717) is 6.04 Å². The third-order valence-corrected chi connectivity index (χ3v) is 1.78. The number of hydrazine groups is 2. The summed E-state index contributed by atoms with van der Waals surface area (Å²) in [5.41, 5.74) is 3.11. The van der Waals surface area contributed by atoms with Gasteiger partial charge in [-0.1, -0.05) is 0 Å². The largest absolute Gasteiger partial charge is 0.246 e. The molecule has 1 unspecified atom stereocenters. The third kappa shape index (κ3) is 0.816. The van der Waals surface area contributed by atoms with E-state index in [-0.39, 0.29) is 0 Å². The number of nitrogens with one attached hydrogen (secondary N) is 1. The van der Waals surface area contributed by atoms with Crippen LogP contribution in [0.1, 0.15) is 13.8 Å². The minimum Gasteiger partial charge on any atom is -0.246 e. The van der Waals surface area contributed by atoms with E-state index in [1.165, 1.54) is 0 Å². The van der Waals surface area contributed by atoms with Crippen LogP contribution in [0.4, 0.5) is 0 Å². The lowest BCUT2D eigenvalue weighted by Gasteiger charge is -2.13. The molecule has 0 bridgehead atoms. The maximum absolute atomic E-state index is 5.68. The molecule has 1 atom stereocenters. The van der Waals surface area contributed by atoms with E-state index in [0.717, 1.165) is 11.7 Å². The first-order valence-corrected chi connectivity index (χ1v) is 3.56. The first-order chi connectivity index (χ1) is 5.18. The van der Waals surface area contributed by atoms with Crippen LogP contribution in [-0.2, 0) is 0 Å².